The van der Waals surface area contributed by atoms with E-state index in [0.29, 0.717) is 0 Å². The summed E-state index contributed by atoms with van der Waals surface area (Å²) in [5, 5.41) is 9.01. The number of aliphatic carboxylic acids is 1. The van der Waals surface area contributed by atoms with E-state index < -0.39 is 17.6 Å². The molecule has 0 saturated carbocycles. The summed E-state index contributed by atoms with van der Waals surface area (Å²) < 4.78 is 0. The third kappa shape index (κ3) is 2.95. The zero-order valence-corrected chi connectivity index (χ0v) is 10.9. The number of carbonyl (C=O) groups excluding carboxylic acids is 1. The van der Waals surface area contributed by atoms with Crippen LogP contribution in [0.2, 0.25) is 0 Å². The molecule has 94 valence electrons. The van der Waals surface area contributed by atoms with Crippen molar-refractivity contribution < 1.29 is 14.7 Å². The van der Waals surface area contributed by atoms with Crippen molar-refractivity contribution in [2.75, 3.05) is 7.05 Å². The summed E-state index contributed by atoms with van der Waals surface area (Å²) in [7, 11) is 1.46. The Balaban J connectivity index is 4.96. The number of carbonyl (C=O) groups is 2. The second-order valence-electron chi connectivity index (χ2n) is 5.61. The number of hydrogen-bond donors (Lipinski definition) is 2. The highest BCUT2D eigenvalue weighted by Gasteiger charge is 2.39. The summed E-state index contributed by atoms with van der Waals surface area (Å²) in [5.41, 5.74) is 4.17. The minimum Gasteiger partial charge on any atom is -0.480 e. The topological polar surface area (TPSA) is 83.6 Å². The van der Waals surface area contributed by atoms with E-state index in [-0.39, 0.29) is 11.3 Å². The average molecular weight is 230 g/mol. The first kappa shape index (κ1) is 14.9. The molecule has 5 heteroatoms. The van der Waals surface area contributed by atoms with Gasteiger partial charge >= 0.3 is 5.97 Å². The van der Waals surface area contributed by atoms with Gasteiger partial charge in [-0.15, -0.1) is 0 Å². The van der Waals surface area contributed by atoms with E-state index in [1.54, 1.807) is 0 Å². The molecule has 16 heavy (non-hydrogen) atoms. The van der Waals surface area contributed by atoms with E-state index >= 15 is 0 Å². The van der Waals surface area contributed by atoms with Crippen LogP contribution in [0, 0.1) is 5.41 Å². The van der Waals surface area contributed by atoms with Crippen LogP contribution < -0.4 is 5.73 Å². The SMILES string of the molecule is CN(C(=O)C(N)C(C)(C)C)C(C)(C)C(=O)O. The lowest BCUT2D eigenvalue weighted by atomic mass is 9.86. The quantitative estimate of drug-likeness (QED) is 0.747. The van der Waals surface area contributed by atoms with Gasteiger partial charge in [-0.1, -0.05) is 20.8 Å². The number of carboxylic acids is 1. The highest BCUT2D eigenvalue weighted by atomic mass is 16.4. The summed E-state index contributed by atoms with van der Waals surface area (Å²) >= 11 is 0. The molecule has 0 aliphatic rings. The molecule has 0 spiro atoms. The van der Waals surface area contributed by atoms with Crippen LogP contribution in [-0.2, 0) is 9.59 Å². The number of nitrogens with two attached hydrogens (primary N) is 1. The molecule has 0 aliphatic heterocycles. The van der Waals surface area contributed by atoms with E-state index in [9.17, 15) is 9.59 Å². The molecular formula is C11H22N2O3. The third-order valence-electron chi connectivity index (χ3n) is 2.89. The Morgan fingerprint density at radius 1 is 1.19 bits per heavy atom. The molecule has 1 amide bonds. The second kappa shape index (κ2) is 4.41. The average Bonchev–Trinajstić information content (AvgIpc) is 2.12. The molecule has 3 N–H and O–H groups in total. The monoisotopic (exact) mass is 230 g/mol. The molecular weight excluding hydrogens is 208 g/mol. The van der Waals surface area contributed by atoms with Crippen molar-refractivity contribution in [1.29, 1.82) is 0 Å². The van der Waals surface area contributed by atoms with Gasteiger partial charge in [-0.3, -0.25) is 4.79 Å². The summed E-state index contributed by atoms with van der Waals surface area (Å²) in [6, 6.07) is -0.712. The van der Waals surface area contributed by atoms with Gasteiger partial charge in [-0.2, -0.15) is 0 Å². The summed E-state index contributed by atoms with van der Waals surface area (Å²) in [6.07, 6.45) is 0. The van der Waals surface area contributed by atoms with Gasteiger partial charge in [0.05, 0.1) is 6.04 Å². The Hall–Kier alpha value is -1.10. The maximum Gasteiger partial charge on any atom is 0.329 e. The number of carboxylic acid groups (broad SMARTS) is 1. The summed E-state index contributed by atoms with van der Waals surface area (Å²) in [5.74, 6) is -1.41. The molecule has 0 saturated heterocycles. The first-order valence-corrected chi connectivity index (χ1v) is 5.19. The van der Waals surface area contributed by atoms with Crippen LogP contribution in [0.5, 0.6) is 0 Å². The maximum absolute atomic E-state index is 12.0. The van der Waals surface area contributed by atoms with Crippen LogP contribution in [0.3, 0.4) is 0 Å². The zero-order chi connectivity index (χ0) is 13.3. The van der Waals surface area contributed by atoms with E-state index in [1.807, 2.05) is 20.8 Å². The molecule has 0 radical (unpaired) electrons. The second-order valence-corrected chi connectivity index (χ2v) is 5.61. The van der Waals surface area contributed by atoms with Gasteiger partial charge in [0, 0.05) is 7.05 Å². The lowest BCUT2D eigenvalue weighted by Crippen LogP contribution is -2.58. The van der Waals surface area contributed by atoms with Crippen LogP contribution in [0.15, 0.2) is 0 Å². The Kier molecular flexibility index (Phi) is 4.11. The van der Waals surface area contributed by atoms with Crippen LogP contribution in [-0.4, -0.2) is 40.5 Å². The van der Waals surface area contributed by atoms with Gasteiger partial charge in [0.1, 0.15) is 5.54 Å². The molecule has 0 fully saturated rings. The van der Waals surface area contributed by atoms with Crippen molar-refractivity contribution in [2.45, 2.75) is 46.2 Å². The van der Waals surface area contributed by atoms with E-state index in [1.165, 1.54) is 25.8 Å². The molecule has 1 atom stereocenters. The number of hydrogen-bond acceptors (Lipinski definition) is 3. The Bertz CT molecular complexity index is 292. The normalized spacial score (nSPS) is 14.4. The van der Waals surface area contributed by atoms with Crippen molar-refractivity contribution >= 4 is 11.9 Å². The van der Waals surface area contributed by atoms with Gasteiger partial charge in [-0.05, 0) is 19.3 Å². The molecule has 0 aromatic heterocycles. The Morgan fingerprint density at radius 3 is 1.81 bits per heavy atom. The van der Waals surface area contributed by atoms with Crippen LogP contribution in [0.25, 0.3) is 0 Å². The molecule has 0 bridgehead atoms. The highest BCUT2D eigenvalue weighted by molar-refractivity contribution is 5.89. The van der Waals surface area contributed by atoms with Gasteiger partial charge in [0.25, 0.3) is 0 Å². The standard InChI is InChI=1S/C11H22N2O3/c1-10(2,3)7(12)8(14)13(6)11(4,5)9(15)16/h7H,12H2,1-6H3,(H,15,16). The lowest BCUT2D eigenvalue weighted by Gasteiger charge is -2.36. The molecule has 0 aromatic rings. The van der Waals surface area contributed by atoms with Gasteiger partial charge in [0.15, 0.2) is 0 Å². The highest BCUT2D eigenvalue weighted by Crippen LogP contribution is 2.22. The van der Waals surface area contributed by atoms with Crippen LogP contribution in [0.1, 0.15) is 34.6 Å². The van der Waals surface area contributed by atoms with Crippen molar-refractivity contribution in [2.24, 2.45) is 11.1 Å². The fraction of sp³-hybridized carbons (Fsp3) is 0.818. The fourth-order valence-electron chi connectivity index (χ4n) is 0.998. The predicted octanol–water partition coefficient (Wildman–Crippen LogP) is 0.681. The van der Waals surface area contributed by atoms with Crippen molar-refractivity contribution in [3.8, 4) is 0 Å². The number of likely N-dealkylation sites (N-methyl/N-ethyl adjacent to an activating group) is 1. The number of nitrogens with zero attached hydrogens (tertiary/aromatic N) is 1. The van der Waals surface area contributed by atoms with E-state index in [4.69, 9.17) is 10.8 Å². The van der Waals surface area contributed by atoms with Crippen molar-refractivity contribution in [3.63, 3.8) is 0 Å². The summed E-state index contributed by atoms with van der Waals surface area (Å²) in [4.78, 5) is 24.2. The van der Waals surface area contributed by atoms with Crippen molar-refractivity contribution in [3.05, 3.63) is 0 Å². The number of rotatable bonds is 3. The van der Waals surface area contributed by atoms with Crippen molar-refractivity contribution in [1.82, 2.24) is 4.90 Å². The van der Waals surface area contributed by atoms with Gasteiger partial charge in [0.2, 0.25) is 5.91 Å². The molecule has 0 aromatic carbocycles. The molecule has 0 heterocycles. The van der Waals surface area contributed by atoms with Crippen LogP contribution in [0.4, 0.5) is 0 Å². The third-order valence-corrected chi connectivity index (χ3v) is 2.89. The Labute approximate surface area is 96.6 Å². The first-order chi connectivity index (χ1) is 6.92. The summed E-state index contributed by atoms with van der Waals surface area (Å²) in [6.45, 7) is 8.48. The van der Waals surface area contributed by atoms with Crippen LogP contribution >= 0.6 is 0 Å². The molecule has 5 nitrogen and oxygen atoms in total. The smallest absolute Gasteiger partial charge is 0.329 e. The minimum absolute atomic E-state index is 0.361. The van der Waals surface area contributed by atoms with E-state index in [2.05, 4.69) is 0 Å². The number of amides is 1. The Morgan fingerprint density at radius 2 is 1.56 bits per heavy atom. The lowest BCUT2D eigenvalue weighted by molar-refractivity contribution is -0.156. The maximum atomic E-state index is 12.0. The first-order valence-electron chi connectivity index (χ1n) is 5.19. The molecule has 1 unspecified atom stereocenters. The minimum atomic E-state index is -1.25. The fourth-order valence-corrected chi connectivity index (χ4v) is 0.998. The molecule has 0 rings (SSSR count). The largest absolute Gasteiger partial charge is 0.480 e. The molecule has 0 aliphatic carbocycles. The van der Waals surface area contributed by atoms with Gasteiger partial charge < -0.3 is 15.7 Å². The predicted molar refractivity (Wildman–Crippen MR) is 61.9 cm³/mol. The zero-order valence-electron chi connectivity index (χ0n) is 10.9. The van der Waals surface area contributed by atoms with Gasteiger partial charge in [-0.25, -0.2) is 4.79 Å². The van der Waals surface area contributed by atoms with E-state index in [0.717, 1.165) is 0 Å².